The van der Waals surface area contributed by atoms with E-state index in [2.05, 4.69) is 15.0 Å². The average Bonchev–Trinajstić information content (AvgIpc) is 2.54. The van der Waals surface area contributed by atoms with Crippen LogP contribution in [-0.4, -0.2) is 19.5 Å². The Balaban J connectivity index is 2.20. The van der Waals surface area contributed by atoms with E-state index in [1.165, 1.54) is 18.1 Å². The second-order valence-electron chi connectivity index (χ2n) is 2.47. The summed E-state index contributed by atoms with van der Waals surface area (Å²) in [6, 6.07) is 1.86. The zero-order valence-electron chi connectivity index (χ0n) is 7.08. The van der Waals surface area contributed by atoms with Gasteiger partial charge in [-0.3, -0.25) is 0 Å². The van der Waals surface area contributed by atoms with Crippen molar-refractivity contribution in [1.29, 1.82) is 0 Å². The van der Waals surface area contributed by atoms with E-state index in [-0.39, 0.29) is 0 Å². The van der Waals surface area contributed by atoms with Crippen molar-refractivity contribution >= 4 is 11.8 Å². The van der Waals surface area contributed by atoms with Gasteiger partial charge in [-0.2, -0.15) is 0 Å². The van der Waals surface area contributed by atoms with E-state index in [4.69, 9.17) is 0 Å². The highest BCUT2D eigenvalue weighted by Gasteiger charge is 2.01. The fraction of sp³-hybridized carbons (Fsp3) is 0.125. The van der Waals surface area contributed by atoms with Crippen LogP contribution in [0.25, 0.3) is 0 Å². The molecule has 0 fully saturated rings. The summed E-state index contributed by atoms with van der Waals surface area (Å²) >= 11 is 1.52. The smallest absolute Gasteiger partial charge is 0.174 e. The minimum atomic E-state index is 0.907. The molecule has 0 radical (unpaired) electrons. The molecule has 13 heavy (non-hydrogen) atoms. The summed E-state index contributed by atoms with van der Waals surface area (Å²) in [4.78, 5) is 12.1. The van der Waals surface area contributed by atoms with Crippen LogP contribution in [0.1, 0.15) is 0 Å². The number of aryl methyl sites for hydroxylation is 1. The highest BCUT2D eigenvalue weighted by Crippen LogP contribution is 2.22. The first-order chi connectivity index (χ1) is 6.36. The van der Waals surface area contributed by atoms with E-state index >= 15 is 0 Å². The van der Waals surface area contributed by atoms with Crippen LogP contribution in [-0.2, 0) is 7.05 Å². The molecule has 0 atom stereocenters. The number of aromatic nitrogens is 4. The van der Waals surface area contributed by atoms with Crippen LogP contribution < -0.4 is 0 Å². The van der Waals surface area contributed by atoms with Gasteiger partial charge in [0.2, 0.25) is 0 Å². The number of nitrogens with zero attached hydrogens (tertiary/aromatic N) is 4. The number of hydrogen-bond acceptors (Lipinski definition) is 4. The van der Waals surface area contributed by atoms with Crippen LogP contribution in [0, 0.1) is 0 Å². The molecule has 0 aromatic carbocycles. The summed E-state index contributed by atoms with van der Waals surface area (Å²) in [5.74, 6) is 0. The Labute approximate surface area is 80.1 Å². The van der Waals surface area contributed by atoms with Crippen molar-refractivity contribution in [1.82, 2.24) is 19.5 Å². The lowest BCUT2D eigenvalue weighted by Crippen LogP contribution is -1.89. The van der Waals surface area contributed by atoms with Gasteiger partial charge in [0.05, 0.1) is 0 Å². The lowest BCUT2D eigenvalue weighted by atomic mass is 10.7. The predicted molar refractivity (Wildman–Crippen MR) is 49.4 cm³/mol. The average molecular weight is 192 g/mol. The maximum Gasteiger partial charge on any atom is 0.174 e. The van der Waals surface area contributed by atoms with Crippen LogP contribution >= 0.6 is 11.8 Å². The summed E-state index contributed by atoms with van der Waals surface area (Å²) in [5.41, 5.74) is 0. The first-order valence-corrected chi connectivity index (χ1v) is 4.59. The van der Waals surface area contributed by atoms with E-state index in [0.717, 1.165) is 10.2 Å². The van der Waals surface area contributed by atoms with E-state index in [1.54, 1.807) is 12.4 Å². The maximum absolute atomic E-state index is 4.18. The van der Waals surface area contributed by atoms with Gasteiger partial charge in [-0.05, 0) is 17.8 Å². The van der Waals surface area contributed by atoms with Crippen LogP contribution in [0.4, 0.5) is 0 Å². The van der Waals surface area contributed by atoms with E-state index in [0.29, 0.717) is 0 Å². The molecular weight excluding hydrogens is 184 g/mol. The topological polar surface area (TPSA) is 43.6 Å². The molecule has 4 nitrogen and oxygen atoms in total. The molecule has 0 unspecified atom stereocenters. The van der Waals surface area contributed by atoms with Crippen molar-refractivity contribution < 1.29 is 0 Å². The van der Waals surface area contributed by atoms with Gasteiger partial charge in [-0.25, -0.2) is 15.0 Å². The quantitative estimate of drug-likeness (QED) is 0.674. The molecule has 0 aliphatic rings. The number of rotatable bonds is 2. The summed E-state index contributed by atoms with van der Waals surface area (Å²) in [6.07, 6.45) is 6.93. The van der Waals surface area contributed by atoms with Gasteiger partial charge in [0.15, 0.2) is 5.16 Å². The first-order valence-electron chi connectivity index (χ1n) is 3.77. The Bertz CT molecular complexity index is 384. The van der Waals surface area contributed by atoms with Crippen molar-refractivity contribution in [3.8, 4) is 0 Å². The van der Waals surface area contributed by atoms with Crippen LogP contribution in [0.2, 0.25) is 0 Å². The highest BCUT2D eigenvalue weighted by molar-refractivity contribution is 7.99. The van der Waals surface area contributed by atoms with E-state index in [1.807, 2.05) is 23.9 Å². The SMILES string of the molecule is Cn1ccnc1Sc1ccncn1. The number of hydrogen-bond donors (Lipinski definition) is 0. The molecule has 0 spiro atoms. The molecule has 0 aliphatic heterocycles. The van der Waals surface area contributed by atoms with Crippen molar-refractivity contribution in [3.05, 3.63) is 31.0 Å². The molecular formula is C8H8N4S. The second kappa shape index (κ2) is 3.57. The van der Waals surface area contributed by atoms with Gasteiger partial charge in [-0.15, -0.1) is 0 Å². The molecule has 0 saturated heterocycles. The third kappa shape index (κ3) is 1.86. The third-order valence-electron chi connectivity index (χ3n) is 1.53. The molecule has 5 heteroatoms. The standard InChI is InChI=1S/C8H8N4S/c1-12-5-4-10-8(12)13-7-2-3-9-6-11-7/h2-6H,1H3. The van der Waals surface area contributed by atoms with Gasteiger partial charge in [-0.1, -0.05) is 0 Å². The Kier molecular flexibility index (Phi) is 2.27. The summed E-state index contributed by atoms with van der Waals surface area (Å²) in [6.45, 7) is 0. The second-order valence-corrected chi connectivity index (χ2v) is 3.46. The normalized spacial score (nSPS) is 10.2. The molecule has 0 bridgehead atoms. The Morgan fingerprint density at radius 2 is 2.23 bits per heavy atom. The van der Waals surface area contributed by atoms with E-state index < -0.39 is 0 Å². The van der Waals surface area contributed by atoms with Gasteiger partial charge in [0.1, 0.15) is 11.4 Å². The molecule has 2 aromatic rings. The summed E-state index contributed by atoms with van der Waals surface area (Å²) < 4.78 is 1.95. The third-order valence-corrected chi connectivity index (χ3v) is 2.55. The van der Waals surface area contributed by atoms with Gasteiger partial charge in [0.25, 0.3) is 0 Å². The zero-order valence-corrected chi connectivity index (χ0v) is 7.90. The van der Waals surface area contributed by atoms with Crippen LogP contribution in [0.3, 0.4) is 0 Å². The van der Waals surface area contributed by atoms with E-state index in [9.17, 15) is 0 Å². The Hall–Kier alpha value is -1.36. The van der Waals surface area contributed by atoms with Crippen molar-refractivity contribution in [2.24, 2.45) is 7.05 Å². The minimum Gasteiger partial charge on any atom is -0.329 e. The maximum atomic E-state index is 4.18. The van der Waals surface area contributed by atoms with Gasteiger partial charge in [0, 0.05) is 25.6 Å². The lowest BCUT2D eigenvalue weighted by molar-refractivity contribution is 0.788. The largest absolute Gasteiger partial charge is 0.329 e. The number of imidazole rings is 1. The van der Waals surface area contributed by atoms with Crippen molar-refractivity contribution in [2.45, 2.75) is 10.2 Å². The first kappa shape index (κ1) is 8.25. The monoisotopic (exact) mass is 192 g/mol. The van der Waals surface area contributed by atoms with Gasteiger partial charge < -0.3 is 4.57 Å². The van der Waals surface area contributed by atoms with Crippen molar-refractivity contribution in [3.63, 3.8) is 0 Å². The van der Waals surface area contributed by atoms with Crippen molar-refractivity contribution in [2.75, 3.05) is 0 Å². The fourth-order valence-corrected chi connectivity index (χ4v) is 1.62. The summed E-state index contributed by atoms with van der Waals surface area (Å²) in [5, 5.41) is 1.84. The predicted octanol–water partition coefficient (Wildman–Crippen LogP) is 1.36. The van der Waals surface area contributed by atoms with Crippen LogP contribution in [0.5, 0.6) is 0 Å². The minimum absolute atomic E-state index is 0.907. The molecule has 66 valence electrons. The lowest BCUT2D eigenvalue weighted by Gasteiger charge is -1.98. The van der Waals surface area contributed by atoms with Crippen LogP contribution in [0.15, 0.2) is 41.2 Å². The fourth-order valence-electron chi connectivity index (χ4n) is 0.883. The molecule has 2 rings (SSSR count). The molecule has 2 aromatic heterocycles. The Morgan fingerprint density at radius 1 is 1.31 bits per heavy atom. The molecule has 2 heterocycles. The highest BCUT2D eigenvalue weighted by atomic mass is 32.2. The summed E-state index contributed by atoms with van der Waals surface area (Å²) in [7, 11) is 1.95. The Morgan fingerprint density at radius 3 is 2.85 bits per heavy atom. The zero-order chi connectivity index (χ0) is 9.10. The molecule has 0 N–H and O–H groups in total. The molecule has 0 aliphatic carbocycles. The van der Waals surface area contributed by atoms with Gasteiger partial charge >= 0.3 is 0 Å². The molecule has 0 saturated carbocycles. The molecule has 0 amide bonds.